The Morgan fingerprint density at radius 1 is 1.10 bits per heavy atom. The van der Waals surface area contributed by atoms with Gasteiger partial charge in [-0.1, -0.05) is 33.1 Å². The summed E-state index contributed by atoms with van der Waals surface area (Å²) in [5.74, 6) is 1.32. The second kappa shape index (κ2) is 15.4. The molecule has 0 aromatic heterocycles. The maximum absolute atomic E-state index is 5.79. The molecular formula is C15H35IN4. The van der Waals surface area contributed by atoms with Crippen LogP contribution >= 0.6 is 24.0 Å². The quantitative estimate of drug-likeness (QED) is 0.243. The minimum absolute atomic E-state index is 0. The van der Waals surface area contributed by atoms with Crippen LogP contribution < -0.4 is 11.1 Å². The highest BCUT2D eigenvalue weighted by Gasteiger charge is 1.95. The third-order valence-electron chi connectivity index (χ3n) is 3.07. The molecule has 0 saturated carbocycles. The Balaban J connectivity index is 0. The molecule has 20 heavy (non-hydrogen) atoms. The first-order valence-electron chi connectivity index (χ1n) is 7.71. The molecule has 4 nitrogen and oxygen atoms in total. The van der Waals surface area contributed by atoms with E-state index in [2.05, 4.69) is 43.2 Å². The molecule has 0 unspecified atom stereocenters. The predicted octanol–water partition coefficient (Wildman–Crippen LogP) is 3.07. The van der Waals surface area contributed by atoms with Crippen LogP contribution in [0.2, 0.25) is 0 Å². The molecule has 0 aromatic carbocycles. The smallest absolute Gasteiger partial charge is 0.188 e. The molecule has 0 atom stereocenters. The fraction of sp³-hybridized carbons (Fsp3) is 0.933. The Morgan fingerprint density at radius 3 is 2.30 bits per heavy atom. The lowest BCUT2D eigenvalue weighted by Crippen LogP contribution is -2.33. The molecule has 0 aliphatic carbocycles. The molecule has 0 amide bonds. The second-order valence-electron chi connectivity index (χ2n) is 5.95. The minimum atomic E-state index is 0. The number of aliphatic imine (C=N–C) groups is 1. The van der Waals surface area contributed by atoms with Crippen LogP contribution in [0.1, 0.15) is 52.4 Å². The van der Waals surface area contributed by atoms with E-state index in [1.807, 2.05) is 0 Å². The van der Waals surface area contributed by atoms with Crippen molar-refractivity contribution in [3.63, 3.8) is 0 Å². The van der Waals surface area contributed by atoms with E-state index >= 15 is 0 Å². The Bertz CT molecular complexity index is 230. The number of nitrogens with zero attached hydrogens (tertiary/aromatic N) is 2. The number of hydrogen-bond acceptors (Lipinski definition) is 2. The minimum Gasteiger partial charge on any atom is -0.370 e. The van der Waals surface area contributed by atoms with Crippen molar-refractivity contribution in [3.05, 3.63) is 0 Å². The van der Waals surface area contributed by atoms with Gasteiger partial charge in [0.25, 0.3) is 0 Å². The van der Waals surface area contributed by atoms with E-state index in [9.17, 15) is 0 Å². The van der Waals surface area contributed by atoms with Crippen molar-refractivity contribution >= 4 is 29.9 Å². The topological polar surface area (TPSA) is 53.6 Å². The Hall–Kier alpha value is -0.0400. The average Bonchev–Trinajstić information content (AvgIpc) is 2.31. The van der Waals surface area contributed by atoms with Gasteiger partial charge in [0.05, 0.1) is 0 Å². The van der Waals surface area contributed by atoms with Gasteiger partial charge in [-0.2, -0.15) is 0 Å². The first-order chi connectivity index (χ1) is 9.02. The number of nitrogens with two attached hydrogens (primary N) is 1. The highest BCUT2D eigenvalue weighted by molar-refractivity contribution is 14.0. The third-order valence-corrected chi connectivity index (χ3v) is 3.07. The summed E-state index contributed by atoms with van der Waals surface area (Å²) in [5, 5.41) is 3.16. The summed E-state index contributed by atoms with van der Waals surface area (Å²) in [6.45, 7) is 7.41. The van der Waals surface area contributed by atoms with Crippen molar-refractivity contribution in [2.24, 2.45) is 16.6 Å². The Labute approximate surface area is 143 Å². The lowest BCUT2D eigenvalue weighted by Gasteiger charge is -2.08. The molecule has 0 heterocycles. The van der Waals surface area contributed by atoms with E-state index in [-0.39, 0.29) is 24.0 Å². The average molecular weight is 398 g/mol. The number of unbranched alkanes of at least 4 members (excludes halogenated alkanes) is 4. The normalized spacial score (nSPS) is 11.8. The van der Waals surface area contributed by atoms with Crippen LogP contribution in [0.3, 0.4) is 0 Å². The van der Waals surface area contributed by atoms with Gasteiger partial charge in [-0.05, 0) is 45.8 Å². The zero-order valence-corrected chi connectivity index (χ0v) is 16.2. The third kappa shape index (κ3) is 18.0. The molecule has 0 saturated heterocycles. The first kappa shape index (κ1) is 22.2. The summed E-state index contributed by atoms with van der Waals surface area (Å²) >= 11 is 0. The van der Waals surface area contributed by atoms with Crippen molar-refractivity contribution < 1.29 is 0 Å². The summed E-state index contributed by atoms with van der Waals surface area (Å²) in [7, 11) is 4.26. The number of nitrogens with one attached hydrogen (secondary N) is 1. The van der Waals surface area contributed by atoms with Crippen LogP contribution in [0.4, 0.5) is 0 Å². The summed E-state index contributed by atoms with van der Waals surface area (Å²) < 4.78 is 0. The van der Waals surface area contributed by atoms with E-state index in [0.29, 0.717) is 11.9 Å². The van der Waals surface area contributed by atoms with Gasteiger partial charge in [-0.15, -0.1) is 24.0 Å². The zero-order chi connectivity index (χ0) is 14.5. The molecule has 0 aromatic rings. The van der Waals surface area contributed by atoms with Crippen LogP contribution in [0.15, 0.2) is 4.99 Å². The molecule has 5 heteroatoms. The van der Waals surface area contributed by atoms with E-state index in [1.54, 1.807) is 0 Å². The van der Waals surface area contributed by atoms with Gasteiger partial charge >= 0.3 is 0 Å². The van der Waals surface area contributed by atoms with E-state index in [1.165, 1.54) is 32.2 Å². The lowest BCUT2D eigenvalue weighted by molar-refractivity contribution is 0.390. The van der Waals surface area contributed by atoms with Crippen LogP contribution in [0.25, 0.3) is 0 Å². The Morgan fingerprint density at radius 2 is 1.70 bits per heavy atom. The van der Waals surface area contributed by atoms with Crippen molar-refractivity contribution in [1.29, 1.82) is 0 Å². The van der Waals surface area contributed by atoms with E-state index in [0.717, 1.165) is 25.9 Å². The fourth-order valence-corrected chi connectivity index (χ4v) is 1.81. The van der Waals surface area contributed by atoms with Crippen LogP contribution in [0, 0.1) is 5.92 Å². The van der Waals surface area contributed by atoms with Gasteiger partial charge in [0, 0.05) is 13.1 Å². The number of guanidine groups is 1. The number of rotatable bonds is 11. The van der Waals surface area contributed by atoms with Gasteiger partial charge in [-0.3, -0.25) is 4.99 Å². The summed E-state index contributed by atoms with van der Waals surface area (Å²) in [4.78, 5) is 6.59. The summed E-state index contributed by atoms with van der Waals surface area (Å²) in [6.07, 6.45) is 7.48. The predicted molar refractivity (Wildman–Crippen MR) is 101 cm³/mol. The maximum atomic E-state index is 5.79. The van der Waals surface area contributed by atoms with Gasteiger partial charge in [0.15, 0.2) is 5.96 Å². The van der Waals surface area contributed by atoms with Gasteiger partial charge < -0.3 is 16.0 Å². The first-order valence-corrected chi connectivity index (χ1v) is 7.71. The molecule has 0 aliphatic heterocycles. The van der Waals surface area contributed by atoms with Crippen LogP contribution in [-0.2, 0) is 0 Å². The van der Waals surface area contributed by atoms with Gasteiger partial charge in [-0.25, -0.2) is 0 Å². The molecule has 122 valence electrons. The van der Waals surface area contributed by atoms with Crippen molar-refractivity contribution in [2.45, 2.75) is 52.4 Å². The molecular weight excluding hydrogens is 363 g/mol. The SMILES string of the molecule is CC(C)CCNC(N)=NCCCCCCCN(C)C.I. The van der Waals surface area contributed by atoms with Crippen molar-refractivity contribution in [3.8, 4) is 0 Å². The highest BCUT2D eigenvalue weighted by Crippen LogP contribution is 2.03. The maximum Gasteiger partial charge on any atom is 0.188 e. The molecule has 0 spiro atoms. The largest absolute Gasteiger partial charge is 0.370 e. The van der Waals surface area contributed by atoms with Crippen LogP contribution in [0.5, 0.6) is 0 Å². The molecule has 0 bridgehead atoms. The standard InChI is InChI=1S/C15H34N4.HI/c1-14(2)10-12-18-15(16)17-11-8-6-5-7-9-13-19(3)4;/h14H,5-13H2,1-4H3,(H3,16,17,18);1H. The highest BCUT2D eigenvalue weighted by atomic mass is 127. The van der Waals surface area contributed by atoms with Crippen LogP contribution in [-0.4, -0.2) is 44.6 Å². The van der Waals surface area contributed by atoms with E-state index < -0.39 is 0 Å². The molecule has 0 fully saturated rings. The zero-order valence-electron chi connectivity index (χ0n) is 13.8. The molecule has 0 rings (SSSR count). The monoisotopic (exact) mass is 398 g/mol. The Kier molecular flexibility index (Phi) is 17.1. The van der Waals surface area contributed by atoms with E-state index in [4.69, 9.17) is 5.73 Å². The number of hydrogen-bond donors (Lipinski definition) is 2. The van der Waals surface area contributed by atoms with Gasteiger partial charge in [0.1, 0.15) is 0 Å². The molecule has 3 N–H and O–H groups in total. The number of halogens is 1. The second-order valence-corrected chi connectivity index (χ2v) is 5.95. The summed E-state index contributed by atoms with van der Waals surface area (Å²) in [5.41, 5.74) is 5.79. The molecule has 0 radical (unpaired) electrons. The molecule has 0 aliphatic rings. The van der Waals surface area contributed by atoms with Crippen molar-refractivity contribution in [2.75, 3.05) is 33.7 Å². The van der Waals surface area contributed by atoms with Gasteiger partial charge in [0.2, 0.25) is 0 Å². The van der Waals surface area contributed by atoms with Crippen molar-refractivity contribution in [1.82, 2.24) is 10.2 Å². The summed E-state index contributed by atoms with van der Waals surface area (Å²) in [6, 6.07) is 0. The lowest BCUT2D eigenvalue weighted by atomic mass is 10.1. The fourth-order valence-electron chi connectivity index (χ4n) is 1.81.